The molecule has 1 aromatic carbocycles. The number of phenols is 1. The molecular weight excluding hydrogens is 494 g/mol. The van der Waals surface area contributed by atoms with Gasteiger partial charge in [-0.15, -0.1) is 0 Å². The van der Waals surface area contributed by atoms with Crippen LogP contribution in [0.1, 0.15) is 114 Å². The van der Waals surface area contributed by atoms with E-state index in [0.29, 0.717) is 42.4 Å². The number of benzene rings is 1. The first-order valence-electron chi connectivity index (χ1n) is 15.4. The van der Waals surface area contributed by atoms with Gasteiger partial charge in [0.05, 0.1) is 11.9 Å². The Labute approximate surface area is 231 Å². The summed E-state index contributed by atoms with van der Waals surface area (Å²) in [6.45, 7) is 5.06. The van der Waals surface area contributed by atoms with E-state index < -0.39 is 10.0 Å². The maximum atomic E-state index is 12.2. The van der Waals surface area contributed by atoms with E-state index in [9.17, 15) is 18.6 Å². The van der Waals surface area contributed by atoms with Gasteiger partial charge >= 0.3 is 0 Å². The summed E-state index contributed by atoms with van der Waals surface area (Å²) in [6, 6.07) is 5.98. The van der Waals surface area contributed by atoms with Gasteiger partial charge in [0, 0.05) is 6.54 Å². The summed E-state index contributed by atoms with van der Waals surface area (Å²) >= 11 is 0. The second-order valence-electron chi connectivity index (χ2n) is 12.6. The Morgan fingerprint density at radius 1 is 1.05 bits per heavy atom. The number of fused-ring (bicyclic) bond motifs is 5. The number of nitrogens with one attached hydrogen (secondary N) is 1. The Balaban J connectivity index is 1.27. The third kappa shape index (κ3) is 7.03. The zero-order valence-corrected chi connectivity index (χ0v) is 24.5. The lowest BCUT2D eigenvalue weighted by Gasteiger charge is -2.53. The number of hydrogen-bond acceptors (Lipinski definition) is 4. The average Bonchev–Trinajstić information content (AvgIpc) is 3.19. The minimum absolute atomic E-state index is 0.0404. The molecule has 0 aliphatic heterocycles. The average molecular weight is 546 g/mol. The molecule has 0 aromatic heterocycles. The summed E-state index contributed by atoms with van der Waals surface area (Å²) in [5, 5.41) is 21.0. The highest BCUT2D eigenvalue weighted by Gasteiger charge is 2.56. The zero-order chi connectivity index (χ0) is 27.2. The van der Waals surface area contributed by atoms with Crippen LogP contribution in [0.3, 0.4) is 0 Å². The van der Waals surface area contributed by atoms with Crippen LogP contribution in [-0.4, -0.2) is 37.0 Å². The van der Waals surface area contributed by atoms with Crippen LogP contribution in [0.2, 0.25) is 0 Å². The number of unbranched alkanes of at least 4 members (excludes halogenated alkanes) is 5. The van der Waals surface area contributed by atoms with Crippen LogP contribution in [-0.2, 0) is 16.4 Å². The molecule has 3 aliphatic carbocycles. The molecule has 0 bridgehead atoms. The van der Waals surface area contributed by atoms with Crippen LogP contribution >= 0.6 is 0 Å². The van der Waals surface area contributed by atoms with Crippen molar-refractivity contribution in [1.82, 2.24) is 4.72 Å². The van der Waals surface area contributed by atoms with Gasteiger partial charge in [0.1, 0.15) is 5.75 Å². The van der Waals surface area contributed by atoms with Crippen LogP contribution < -0.4 is 4.72 Å². The minimum Gasteiger partial charge on any atom is -0.508 e. The maximum absolute atomic E-state index is 12.2. The largest absolute Gasteiger partial charge is 0.508 e. The van der Waals surface area contributed by atoms with E-state index in [-0.39, 0.29) is 17.3 Å². The number of allylic oxidation sites excluding steroid dienone is 2. The van der Waals surface area contributed by atoms with E-state index in [2.05, 4.69) is 36.8 Å². The van der Waals surface area contributed by atoms with Crippen molar-refractivity contribution < 1.29 is 18.6 Å². The van der Waals surface area contributed by atoms with Crippen molar-refractivity contribution in [2.75, 3.05) is 12.3 Å². The van der Waals surface area contributed by atoms with Crippen LogP contribution in [0.25, 0.3) is 0 Å². The van der Waals surface area contributed by atoms with E-state index in [4.69, 9.17) is 0 Å². The van der Waals surface area contributed by atoms with Crippen LogP contribution in [0.5, 0.6) is 5.75 Å². The van der Waals surface area contributed by atoms with Crippen molar-refractivity contribution in [3.8, 4) is 5.75 Å². The minimum atomic E-state index is -3.17. The van der Waals surface area contributed by atoms with Gasteiger partial charge in [-0.25, -0.2) is 13.1 Å². The number of hydrogen-bond donors (Lipinski definition) is 3. The number of sulfonamides is 1. The van der Waals surface area contributed by atoms with Crippen LogP contribution in [0.15, 0.2) is 30.4 Å². The molecule has 5 nitrogen and oxygen atoms in total. The zero-order valence-electron chi connectivity index (χ0n) is 23.7. The third-order valence-corrected chi connectivity index (χ3v) is 11.6. The summed E-state index contributed by atoms with van der Waals surface area (Å²) in [4.78, 5) is 0. The summed E-state index contributed by atoms with van der Waals surface area (Å²) < 4.78 is 27.2. The molecule has 2 saturated carbocycles. The Morgan fingerprint density at radius 3 is 2.66 bits per heavy atom. The molecule has 0 spiro atoms. The van der Waals surface area contributed by atoms with Gasteiger partial charge in [0.25, 0.3) is 0 Å². The van der Waals surface area contributed by atoms with E-state index >= 15 is 0 Å². The second kappa shape index (κ2) is 13.3. The van der Waals surface area contributed by atoms with Crippen LogP contribution in [0.4, 0.5) is 0 Å². The molecule has 0 radical (unpaired) electrons. The number of aliphatic hydroxyl groups excluding tert-OH is 1. The molecular formula is C32H51NO4S. The first-order chi connectivity index (χ1) is 18.2. The standard InChI is InChI=1S/C32H51NO4S/c1-3-4-5-8-11-20-33-38(36,37)21-12-9-6-7-10-13-24-22-25-23-26(34)14-15-27(25)28-18-19-32(2)29(31(24)28)16-17-30(32)35/h6-7,14-15,23-24,28-31,33-35H,3-5,8-13,16-22H2,1-2H3/t24-,28?,29?,30+,31?,32+/m1/s1. The highest BCUT2D eigenvalue weighted by atomic mass is 32.2. The van der Waals surface area contributed by atoms with Crippen molar-refractivity contribution in [2.45, 2.75) is 116 Å². The predicted octanol–water partition coefficient (Wildman–Crippen LogP) is 6.84. The predicted molar refractivity (Wildman–Crippen MR) is 156 cm³/mol. The highest BCUT2D eigenvalue weighted by molar-refractivity contribution is 7.89. The molecule has 0 amide bonds. The molecule has 214 valence electrons. The molecule has 1 aromatic rings. The van der Waals surface area contributed by atoms with Crippen molar-refractivity contribution in [3.05, 3.63) is 41.5 Å². The molecule has 3 aliphatic rings. The van der Waals surface area contributed by atoms with Gasteiger partial charge < -0.3 is 10.2 Å². The number of aromatic hydroxyl groups is 1. The molecule has 0 saturated heterocycles. The molecule has 3 N–H and O–H groups in total. The fraction of sp³-hybridized carbons (Fsp3) is 0.750. The molecule has 3 unspecified atom stereocenters. The molecule has 4 rings (SSSR count). The van der Waals surface area contributed by atoms with Gasteiger partial charge in [-0.2, -0.15) is 0 Å². The van der Waals surface area contributed by atoms with Crippen molar-refractivity contribution in [1.29, 1.82) is 0 Å². The molecule has 0 heterocycles. The molecule has 38 heavy (non-hydrogen) atoms. The van der Waals surface area contributed by atoms with Gasteiger partial charge in [-0.1, -0.05) is 57.7 Å². The van der Waals surface area contributed by atoms with Crippen molar-refractivity contribution in [3.63, 3.8) is 0 Å². The Morgan fingerprint density at radius 2 is 1.84 bits per heavy atom. The molecule has 6 heteroatoms. The van der Waals surface area contributed by atoms with Gasteiger partial charge in [-0.3, -0.25) is 0 Å². The smallest absolute Gasteiger partial charge is 0.211 e. The monoisotopic (exact) mass is 545 g/mol. The Hall–Kier alpha value is -1.37. The number of aliphatic hydroxyl groups is 1. The molecule has 2 fully saturated rings. The SMILES string of the molecule is CCCCCCCNS(=O)(=O)CCCC=CCC[C@@H]1Cc2cc(O)ccc2C2CC[C@@]3(C)C(CC[C@@H]3O)C21. The van der Waals surface area contributed by atoms with Gasteiger partial charge in [-0.05, 0) is 117 Å². The maximum Gasteiger partial charge on any atom is 0.211 e. The third-order valence-electron chi connectivity index (χ3n) is 10.1. The fourth-order valence-corrected chi connectivity index (χ4v) is 9.14. The van der Waals surface area contributed by atoms with E-state index in [1.54, 1.807) is 0 Å². The fourth-order valence-electron chi connectivity index (χ4n) is 8.00. The quantitative estimate of drug-likeness (QED) is 0.176. The normalized spacial score (nSPS) is 30.8. The lowest BCUT2D eigenvalue weighted by molar-refractivity contribution is -0.0391. The first kappa shape index (κ1) is 29.6. The first-order valence-corrected chi connectivity index (χ1v) is 17.0. The second-order valence-corrected chi connectivity index (χ2v) is 14.5. The lowest BCUT2D eigenvalue weighted by Crippen LogP contribution is -2.47. The van der Waals surface area contributed by atoms with E-state index in [1.807, 2.05) is 12.1 Å². The topological polar surface area (TPSA) is 86.6 Å². The van der Waals surface area contributed by atoms with E-state index in [1.165, 1.54) is 30.4 Å². The Kier molecular flexibility index (Phi) is 10.4. The van der Waals surface area contributed by atoms with E-state index in [0.717, 1.165) is 64.2 Å². The summed E-state index contributed by atoms with van der Waals surface area (Å²) in [5.41, 5.74) is 2.78. The molecule has 6 atom stereocenters. The lowest BCUT2D eigenvalue weighted by atomic mass is 9.52. The van der Waals surface area contributed by atoms with Crippen LogP contribution in [0, 0.1) is 23.2 Å². The Bertz CT molecular complexity index is 1040. The summed E-state index contributed by atoms with van der Waals surface area (Å²) in [5.74, 6) is 2.79. The number of phenolic OH excluding ortho intramolecular Hbond substituents is 1. The van der Waals surface area contributed by atoms with Gasteiger partial charge in [0.15, 0.2) is 0 Å². The van der Waals surface area contributed by atoms with Crippen molar-refractivity contribution in [2.24, 2.45) is 23.2 Å². The summed E-state index contributed by atoms with van der Waals surface area (Å²) in [7, 11) is -3.17. The van der Waals surface area contributed by atoms with Crippen molar-refractivity contribution >= 4 is 10.0 Å². The van der Waals surface area contributed by atoms with Gasteiger partial charge in [0.2, 0.25) is 10.0 Å². The summed E-state index contributed by atoms with van der Waals surface area (Å²) in [6.07, 6.45) is 18.7. The number of rotatable bonds is 14. The highest BCUT2D eigenvalue weighted by Crippen LogP contribution is 2.62.